The van der Waals surface area contributed by atoms with Crippen LogP contribution in [-0.4, -0.2) is 20.7 Å². The number of hydrogen-bond acceptors (Lipinski definition) is 2. The van der Waals surface area contributed by atoms with E-state index < -0.39 is 13.4 Å². The van der Waals surface area contributed by atoms with Gasteiger partial charge in [-0.2, -0.15) is 0 Å². The molecular formula is C15H31O4P. The minimum Gasteiger partial charge on any atom is -0.377 e. The molecule has 0 aliphatic carbocycles. The number of unbranched alkanes of at least 4 members (excludes halogenated alkanes) is 2. The van der Waals surface area contributed by atoms with Gasteiger partial charge in [0.15, 0.2) is 5.85 Å². The normalized spacial score (nSPS) is 12.8. The summed E-state index contributed by atoms with van der Waals surface area (Å²) in [7, 11) is -4.39. The number of aliphatic hydroxyl groups is 1. The first-order valence-corrected chi connectivity index (χ1v) is 7.70. The predicted octanol–water partition coefficient (Wildman–Crippen LogP) is 4.39. The molecule has 0 aromatic heterocycles. The van der Waals surface area contributed by atoms with E-state index in [0.717, 1.165) is 25.3 Å². The van der Waals surface area contributed by atoms with E-state index in [1.807, 2.05) is 6.08 Å². The van der Waals surface area contributed by atoms with E-state index in [1.165, 1.54) is 5.57 Å². The van der Waals surface area contributed by atoms with Crippen molar-refractivity contribution >= 4 is 7.60 Å². The first-order chi connectivity index (χ1) is 8.34. The van der Waals surface area contributed by atoms with E-state index in [2.05, 4.69) is 26.0 Å². The Hall–Kier alpha value is -0.670. The zero-order valence-corrected chi connectivity index (χ0v) is 11.9. The average molecular weight is 306 g/mol. The lowest BCUT2D eigenvalue weighted by molar-refractivity contribution is 0.238. The average Bonchev–Trinajstić information content (AvgIpc) is 2.24. The zero-order valence-electron chi connectivity index (χ0n) is 11.0. The van der Waals surface area contributed by atoms with Crippen LogP contribution >= 0.6 is 7.60 Å². The Morgan fingerprint density at radius 3 is 1.90 bits per heavy atom. The van der Waals surface area contributed by atoms with Crippen LogP contribution in [0.4, 0.5) is 0 Å². The molecule has 20 heavy (non-hydrogen) atoms. The number of hydrogen-bond donors (Lipinski definition) is 3. The molecule has 5 heteroatoms. The van der Waals surface area contributed by atoms with Gasteiger partial charge in [-0.1, -0.05) is 44.7 Å². The van der Waals surface area contributed by atoms with Crippen LogP contribution in [0.1, 0.15) is 54.4 Å². The van der Waals surface area contributed by atoms with Crippen molar-refractivity contribution in [3.63, 3.8) is 0 Å². The molecule has 0 amide bonds. The monoisotopic (exact) mass is 306 g/mol. The Morgan fingerprint density at radius 1 is 1.00 bits per heavy atom. The maximum absolute atomic E-state index is 10.6. The molecule has 0 saturated heterocycles. The number of allylic oxidation sites excluding steroid dienone is 5. The smallest absolute Gasteiger partial charge is 0.357 e. The van der Waals surface area contributed by atoms with Crippen molar-refractivity contribution in [2.45, 2.75) is 60.2 Å². The van der Waals surface area contributed by atoms with Gasteiger partial charge in [0.1, 0.15) is 0 Å². The van der Waals surface area contributed by atoms with E-state index in [0.29, 0.717) is 6.42 Å². The van der Waals surface area contributed by atoms with Gasteiger partial charge in [0, 0.05) is 0 Å². The molecule has 0 aliphatic heterocycles. The Bertz CT molecular complexity index is 349. The van der Waals surface area contributed by atoms with E-state index >= 15 is 0 Å². The summed E-state index contributed by atoms with van der Waals surface area (Å²) >= 11 is 0. The largest absolute Gasteiger partial charge is 0.377 e. The molecule has 0 saturated carbocycles. The fraction of sp³-hybridized carbons (Fsp3) is 0.600. The maximum Gasteiger partial charge on any atom is 0.357 e. The minimum absolute atomic E-state index is 0. The molecule has 0 bridgehead atoms. The van der Waals surface area contributed by atoms with Gasteiger partial charge in [-0.15, -0.1) is 0 Å². The van der Waals surface area contributed by atoms with Crippen molar-refractivity contribution in [2.75, 3.05) is 0 Å². The Labute approximate surface area is 124 Å². The summed E-state index contributed by atoms with van der Waals surface area (Å²) in [6, 6.07) is 0. The molecule has 1 unspecified atom stereocenters. The van der Waals surface area contributed by atoms with Gasteiger partial charge >= 0.3 is 7.60 Å². The molecular weight excluding hydrogens is 275 g/mol. The van der Waals surface area contributed by atoms with Gasteiger partial charge in [0.05, 0.1) is 0 Å². The second kappa shape index (κ2) is 13.3. The van der Waals surface area contributed by atoms with Gasteiger partial charge in [-0.05, 0) is 45.6 Å². The van der Waals surface area contributed by atoms with Gasteiger partial charge in [0.25, 0.3) is 0 Å². The molecule has 1 atom stereocenters. The summed E-state index contributed by atoms with van der Waals surface area (Å²) in [5.41, 5.74) is 1.32. The third kappa shape index (κ3) is 15.4. The molecule has 0 rings (SSSR count). The third-order valence-electron chi connectivity index (χ3n) is 2.21. The molecule has 3 N–H and O–H groups in total. The Morgan fingerprint density at radius 2 is 1.45 bits per heavy atom. The minimum atomic E-state index is -4.39. The van der Waals surface area contributed by atoms with Crippen LogP contribution in [0.5, 0.6) is 0 Å². The second-order valence-corrected chi connectivity index (χ2v) is 6.05. The van der Waals surface area contributed by atoms with Crippen molar-refractivity contribution < 1.29 is 19.5 Å². The van der Waals surface area contributed by atoms with Crippen LogP contribution in [0.25, 0.3) is 0 Å². The van der Waals surface area contributed by atoms with Gasteiger partial charge in [-0.25, -0.2) is 0 Å². The van der Waals surface area contributed by atoms with Crippen LogP contribution in [-0.2, 0) is 4.57 Å². The van der Waals surface area contributed by atoms with Crippen LogP contribution in [0.15, 0.2) is 36.0 Å². The van der Waals surface area contributed by atoms with Crippen molar-refractivity contribution in [2.24, 2.45) is 0 Å². The van der Waals surface area contributed by atoms with Crippen molar-refractivity contribution in [1.29, 1.82) is 0 Å². The number of aliphatic hydroxyl groups excluding tert-OH is 1. The van der Waals surface area contributed by atoms with E-state index in [4.69, 9.17) is 14.9 Å². The lowest BCUT2D eigenvalue weighted by Crippen LogP contribution is -2.01. The molecule has 0 aromatic rings. The maximum atomic E-state index is 10.6. The summed E-state index contributed by atoms with van der Waals surface area (Å²) in [5.74, 6) is -1.68. The highest BCUT2D eigenvalue weighted by atomic mass is 31.2. The summed E-state index contributed by atoms with van der Waals surface area (Å²) in [4.78, 5) is 17.2. The highest BCUT2D eigenvalue weighted by molar-refractivity contribution is 7.52. The van der Waals surface area contributed by atoms with E-state index in [1.54, 1.807) is 6.08 Å². The van der Waals surface area contributed by atoms with E-state index in [9.17, 15) is 4.57 Å². The first kappa shape index (κ1) is 24.4. The quantitative estimate of drug-likeness (QED) is 0.353. The molecule has 120 valence electrons. The molecule has 0 heterocycles. The van der Waals surface area contributed by atoms with Gasteiger partial charge in [0.2, 0.25) is 0 Å². The topological polar surface area (TPSA) is 77.8 Å². The Kier molecular flexibility index (Phi) is 16.2. The van der Waals surface area contributed by atoms with Crippen LogP contribution in [0.2, 0.25) is 0 Å². The van der Waals surface area contributed by atoms with Crippen LogP contribution < -0.4 is 0 Å². The highest BCUT2D eigenvalue weighted by Gasteiger charge is 2.22. The lowest BCUT2D eigenvalue weighted by Gasteiger charge is -2.06. The fourth-order valence-corrected chi connectivity index (χ4v) is 1.57. The van der Waals surface area contributed by atoms with Crippen molar-refractivity contribution in [3.05, 3.63) is 36.0 Å². The van der Waals surface area contributed by atoms with Crippen molar-refractivity contribution in [3.8, 4) is 0 Å². The van der Waals surface area contributed by atoms with Gasteiger partial charge in [-0.3, -0.25) is 4.57 Å². The summed E-state index contributed by atoms with van der Waals surface area (Å²) < 4.78 is 10.6. The zero-order chi connectivity index (χ0) is 14.0. The van der Waals surface area contributed by atoms with E-state index in [-0.39, 0.29) is 14.9 Å². The van der Waals surface area contributed by atoms with Crippen molar-refractivity contribution in [1.82, 2.24) is 0 Å². The summed E-state index contributed by atoms with van der Waals surface area (Å²) in [5, 5.41) is 9.04. The van der Waals surface area contributed by atoms with Crippen LogP contribution in [0.3, 0.4) is 0 Å². The fourth-order valence-electron chi connectivity index (χ4n) is 1.23. The molecule has 0 aromatic carbocycles. The second-order valence-electron chi connectivity index (χ2n) is 4.34. The summed E-state index contributed by atoms with van der Waals surface area (Å²) in [6.07, 6.45) is 12.5. The Balaban J connectivity index is -0.00000144. The van der Waals surface area contributed by atoms with Gasteiger partial charge < -0.3 is 14.9 Å². The summed E-state index contributed by atoms with van der Waals surface area (Å²) in [6.45, 7) is 4.14. The number of rotatable bonds is 8. The standard InChI is InChI=1S/C13H23O4P.2CH4/c1-12(2)10-8-6-4-3-5-7-9-11-13(14)18(15,16)17;;/h3-4,9-11,13-14H,5-8H2,1-2H3,(H2,15,16,17);2*1H4/b4-3+,11-9+;;. The first-order valence-electron chi connectivity index (χ1n) is 6.02. The molecule has 4 nitrogen and oxygen atoms in total. The molecule has 0 spiro atoms. The SMILES string of the molecule is C.C.CC(C)=CCC/C=C/CC/C=C/C(O)P(=O)(O)O. The predicted molar refractivity (Wildman–Crippen MR) is 87.7 cm³/mol. The highest BCUT2D eigenvalue weighted by Crippen LogP contribution is 2.40. The molecule has 0 aliphatic rings. The third-order valence-corrected chi connectivity index (χ3v) is 3.07. The molecule has 0 fully saturated rings. The molecule has 0 radical (unpaired) electrons. The van der Waals surface area contributed by atoms with Crippen LogP contribution in [0, 0.1) is 0 Å². The lowest BCUT2D eigenvalue weighted by atomic mass is 10.2.